The van der Waals surface area contributed by atoms with Gasteiger partial charge in [0.1, 0.15) is 5.76 Å². The van der Waals surface area contributed by atoms with Gasteiger partial charge in [0.05, 0.1) is 19.4 Å². The first kappa shape index (κ1) is 19.4. The second-order valence-corrected chi connectivity index (χ2v) is 8.47. The highest BCUT2D eigenvalue weighted by Gasteiger charge is 2.25. The Balaban J connectivity index is 1.73. The predicted octanol–water partition coefficient (Wildman–Crippen LogP) is 3.14. The topological polar surface area (TPSA) is 79.6 Å². The molecule has 1 aliphatic rings. The summed E-state index contributed by atoms with van der Waals surface area (Å²) in [6.07, 6.45) is 7.10. The zero-order valence-corrected chi connectivity index (χ0v) is 15.9. The molecule has 1 heterocycles. The van der Waals surface area contributed by atoms with E-state index < -0.39 is 10.0 Å². The molecular formula is C20H24N2O4S. The first-order chi connectivity index (χ1) is 13.0. The van der Waals surface area contributed by atoms with E-state index in [9.17, 15) is 13.2 Å². The van der Waals surface area contributed by atoms with Crippen molar-refractivity contribution in [2.75, 3.05) is 6.54 Å². The van der Waals surface area contributed by atoms with Gasteiger partial charge >= 0.3 is 0 Å². The zero-order valence-electron chi connectivity index (χ0n) is 15.1. The van der Waals surface area contributed by atoms with Crippen LogP contribution in [-0.2, 0) is 21.4 Å². The molecule has 0 spiro atoms. The van der Waals surface area contributed by atoms with Gasteiger partial charge in [-0.25, -0.2) is 8.42 Å². The van der Waals surface area contributed by atoms with Crippen LogP contribution in [0.4, 0.5) is 0 Å². The highest BCUT2D eigenvalue weighted by atomic mass is 32.2. The molecule has 6 nitrogen and oxygen atoms in total. The maximum atomic E-state index is 12.8. The summed E-state index contributed by atoms with van der Waals surface area (Å²) in [5, 5.41) is 4.07. The largest absolute Gasteiger partial charge is 0.468 e. The van der Waals surface area contributed by atoms with E-state index in [-0.39, 0.29) is 25.0 Å². The van der Waals surface area contributed by atoms with E-state index in [0.717, 1.165) is 41.0 Å². The van der Waals surface area contributed by atoms with Crippen molar-refractivity contribution in [3.05, 3.63) is 65.5 Å². The molecule has 0 atom stereocenters. The smallest absolute Gasteiger partial charge is 0.237 e. The van der Waals surface area contributed by atoms with Gasteiger partial charge in [-0.05, 0) is 36.6 Å². The molecule has 1 aliphatic carbocycles. The standard InChI is InChI=1S/C20H24N2O4S/c23-20(21-18-9-4-5-10-18)16-22(15-19-11-6-13-26-19)27(24,25)14-12-17-7-2-1-3-8-17/h1-3,6-8,11-14,18H,4-5,9-10,15-16H2,(H,21,23)/b14-12+. The molecule has 1 saturated carbocycles. The van der Waals surface area contributed by atoms with Crippen LogP contribution in [0, 0.1) is 0 Å². The van der Waals surface area contributed by atoms with Crippen molar-refractivity contribution in [3.8, 4) is 0 Å². The van der Waals surface area contributed by atoms with Crippen molar-refractivity contribution < 1.29 is 17.6 Å². The second kappa shape index (κ2) is 9.01. The number of rotatable bonds is 8. The van der Waals surface area contributed by atoms with E-state index in [4.69, 9.17) is 4.42 Å². The van der Waals surface area contributed by atoms with Crippen LogP contribution < -0.4 is 5.32 Å². The molecule has 3 rings (SSSR count). The minimum atomic E-state index is -3.79. The molecule has 27 heavy (non-hydrogen) atoms. The Morgan fingerprint density at radius 3 is 2.56 bits per heavy atom. The summed E-state index contributed by atoms with van der Waals surface area (Å²) in [5.74, 6) is 0.200. The fourth-order valence-electron chi connectivity index (χ4n) is 3.13. The normalized spacial score (nSPS) is 15.6. The molecule has 0 bridgehead atoms. The van der Waals surface area contributed by atoms with Crippen LogP contribution >= 0.6 is 0 Å². The molecular weight excluding hydrogens is 364 g/mol. The van der Waals surface area contributed by atoms with Crippen molar-refractivity contribution in [2.45, 2.75) is 38.3 Å². The Morgan fingerprint density at radius 1 is 1.15 bits per heavy atom. The Hall–Kier alpha value is -2.38. The fraction of sp³-hybridized carbons (Fsp3) is 0.350. The fourth-order valence-corrected chi connectivity index (χ4v) is 4.24. The molecule has 0 aliphatic heterocycles. The molecule has 1 aromatic heterocycles. The molecule has 1 aromatic carbocycles. The van der Waals surface area contributed by atoms with Gasteiger partial charge in [-0.15, -0.1) is 0 Å². The lowest BCUT2D eigenvalue weighted by atomic mass is 10.2. The Morgan fingerprint density at radius 2 is 1.89 bits per heavy atom. The number of amides is 1. The Bertz CT molecular complexity index is 855. The number of hydrogen-bond acceptors (Lipinski definition) is 4. The summed E-state index contributed by atoms with van der Waals surface area (Å²) < 4.78 is 32.1. The van der Waals surface area contributed by atoms with Gasteiger partial charge in [0.25, 0.3) is 0 Å². The van der Waals surface area contributed by atoms with Crippen molar-refractivity contribution in [1.82, 2.24) is 9.62 Å². The molecule has 0 saturated heterocycles. The summed E-state index contributed by atoms with van der Waals surface area (Å²) >= 11 is 0. The van der Waals surface area contributed by atoms with Crippen LogP contribution in [-0.4, -0.2) is 31.2 Å². The van der Waals surface area contributed by atoms with Gasteiger partial charge in [0, 0.05) is 11.4 Å². The van der Waals surface area contributed by atoms with E-state index in [2.05, 4.69) is 5.32 Å². The van der Waals surface area contributed by atoms with Crippen LogP contribution in [0.5, 0.6) is 0 Å². The molecule has 0 unspecified atom stereocenters. The number of carbonyl (C=O) groups excluding carboxylic acids is 1. The summed E-state index contributed by atoms with van der Waals surface area (Å²) in [6, 6.07) is 12.7. The van der Waals surface area contributed by atoms with Crippen LogP contribution in [0.2, 0.25) is 0 Å². The zero-order chi connectivity index (χ0) is 19.1. The minimum absolute atomic E-state index is 0.00650. The van der Waals surface area contributed by atoms with E-state index in [0.29, 0.717) is 5.76 Å². The number of nitrogens with one attached hydrogen (secondary N) is 1. The van der Waals surface area contributed by atoms with Crippen LogP contribution in [0.25, 0.3) is 6.08 Å². The molecule has 1 fully saturated rings. The number of benzene rings is 1. The SMILES string of the molecule is O=C(CN(Cc1ccco1)S(=O)(=O)/C=C/c1ccccc1)NC1CCCC1. The first-order valence-corrected chi connectivity index (χ1v) is 10.6. The van der Waals surface area contributed by atoms with E-state index in [1.807, 2.05) is 30.3 Å². The van der Waals surface area contributed by atoms with Crippen molar-refractivity contribution >= 4 is 22.0 Å². The maximum Gasteiger partial charge on any atom is 0.237 e. The lowest BCUT2D eigenvalue weighted by molar-refractivity contribution is -0.122. The number of hydrogen-bond donors (Lipinski definition) is 1. The van der Waals surface area contributed by atoms with E-state index >= 15 is 0 Å². The maximum absolute atomic E-state index is 12.8. The third-order valence-electron chi connectivity index (χ3n) is 4.54. The summed E-state index contributed by atoms with van der Waals surface area (Å²) in [4.78, 5) is 12.4. The molecule has 2 aromatic rings. The van der Waals surface area contributed by atoms with E-state index in [1.165, 1.54) is 12.3 Å². The van der Waals surface area contributed by atoms with Crippen molar-refractivity contribution in [1.29, 1.82) is 0 Å². The summed E-state index contributed by atoms with van der Waals surface area (Å²) in [5.41, 5.74) is 0.773. The van der Waals surface area contributed by atoms with Crippen LogP contribution in [0.1, 0.15) is 37.0 Å². The Labute approximate surface area is 159 Å². The van der Waals surface area contributed by atoms with Gasteiger partial charge in [0.2, 0.25) is 15.9 Å². The van der Waals surface area contributed by atoms with E-state index in [1.54, 1.807) is 12.1 Å². The van der Waals surface area contributed by atoms with Crippen molar-refractivity contribution in [2.24, 2.45) is 0 Å². The quantitative estimate of drug-likeness (QED) is 0.753. The molecule has 0 radical (unpaired) electrons. The summed E-state index contributed by atoms with van der Waals surface area (Å²) in [7, 11) is -3.79. The average Bonchev–Trinajstić information content (AvgIpc) is 3.34. The van der Waals surface area contributed by atoms with Crippen molar-refractivity contribution in [3.63, 3.8) is 0 Å². The second-order valence-electron chi connectivity index (χ2n) is 6.65. The first-order valence-electron chi connectivity index (χ1n) is 9.08. The van der Waals surface area contributed by atoms with Crippen LogP contribution in [0.15, 0.2) is 58.6 Å². The Kier molecular flexibility index (Phi) is 6.47. The van der Waals surface area contributed by atoms with Gasteiger partial charge in [-0.3, -0.25) is 4.79 Å². The molecule has 1 N–H and O–H groups in total. The lowest BCUT2D eigenvalue weighted by Crippen LogP contribution is -2.42. The molecule has 144 valence electrons. The monoisotopic (exact) mass is 388 g/mol. The third-order valence-corrected chi connectivity index (χ3v) is 6.00. The van der Waals surface area contributed by atoms with Gasteiger partial charge < -0.3 is 9.73 Å². The molecule has 7 heteroatoms. The highest BCUT2D eigenvalue weighted by Crippen LogP contribution is 2.18. The highest BCUT2D eigenvalue weighted by molar-refractivity contribution is 7.92. The van der Waals surface area contributed by atoms with Gasteiger partial charge in [0.15, 0.2) is 0 Å². The third kappa shape index (κ3) is 5.80. The molecule has 1 amide bonds. The van der Waals surface area contributed by atoms with Crippen LogP contribution in [0.3, 0.4) is 0 Å². The van der Waals surface area contributed by atoms with Gasteiger partial charge in [-0.1, -0.05) is 43.2 Å². The summed E-state index contributed by atoms with van der Waals surface area (Å²) in [6.45, 7) is -0.231. The number of sulfonamides is 1. The van der Waals surface area contributed by atoms with Gasteiger partial charge in [-0.2, -0.15) is 4.31 Å². The number of carbonyl (C=O) groups is 1. The number of nitrogens with zero attached hydrogens (tertiary/aromatic N) is 1. The minimum Gasteiger partial charge on any atom is -0.468 e. The predicted molar refractivity (Wildman–Crippen MR) is 104 cm³/mol. The number of furan rings is 1. The average molecular weight is 388 g/mol. The lowest BCUT2D eigenvalue weighted by Gasteiger charge is -2.20.